The summed E-state index contributed by atoms with van der Waals surface area (Å²) in [6.07, 6.45) is 0.436. The number of benzene rings is 1. The standard InChI is InChI=1S/C16H22N4O3/c1-16(2,3)10-13(21)17-11-4-5-12(15-14(11)18-23-19-15)20-6-8-22-9-7-20/h4-5H,6-10H2,1-3H3,(H,17,21). The molecule has 124 valence electrons. The van der Waals surface area contributed by atoms with Crippen molar-refractivity contribution in [2.75, 3.05) is 36.5 Å². The van der Waals surface area contributed by atoms with Gasteiger partial charge in [-0.3, -0.25) is 4.79 Å². The van der Waals surface area contributed by atoms with Gasteiger partial charge in [-0.2, -0.15) is 0 Å². The van der Waals surface area contributed by atoms with Crippen molar-refractivity contribution in [1.29, 1.82) is 0 Å². The Morgan fingerprint density at radius 1 is 1.22 bits per heavy atom. The molecule has 1 aliphatic rings. The average molecular weight is 318 g/mol. The monoisotopic (exact) mass is 318 g/mol. The Morgan fingerprint density at radius 2 is 1.91 bits per heavy atom. The highest BCUT2D eigenvalue weighted by atomic mass is 16.6. The lowest BCUT2D eigenvalue weighted by Gasteiger charge is -2.28. The predicted molar refractivity (Wildman–Crippen MR) is 87.5 cm³/mol. The number of fused-ring (bicyclic) bond motifs is 1. The van der Waals surface area contributed by atoms with Crippen molar-refractivity contribution in [3.63, 3.8) is 0 Å². The highest BCUT2D eigenvalue weighted by Crippen LogP contribution is 2.31. The molecule has 3 rings (SSSR count). The zero-order chi connectivity index (χ0) is 16.4. The van der Waals surface area contributed by atoms with Crippen molar-refractivity contribution in [1.82, 2.24) is 10.3 Å². The third kappa shape index (κ3) is 3.61. The van der Waals surface area contributed by atoms with E-state index in [2.05, 4.69) is 20.5 Å². The van der Waals surface area contributed by atoms with Gasteiger partial charge < -0.3 is 15.0 Å². The fraction of sp³-hybridized carbons (Fsp3) is 0.562. The SMILES string of the molecule is CC(C)(C)CC(=O)Nc1ccc(N2CCOCC2)c2nonc12. The highest BCUT2D eigenvalue weighted by Gasteiger charge is 2.21. The number of morpholine rings is 1. The molecule has 7 heteroatoms. The molecule has 1 fully saturated rings. The number of anilines is 2. The van der Waals surface area contributed by atoms with E-state index >= 15 is 0 Å². The Balaban J connectivity index is 1.86. The van der Waals surface area contributed by atoms with Crippen LogP contribution in [0.5, 0.6) is 0 Å². The van der Waals surface area contributed by atoms with Crippen LogP contribution < -0.4 is 10.2 Å². The molecular formula is C16H22N4O3. The molecule has 0 unspecified atom stereocenters. The molecule has 1 aromatic carbocycles. The first-order chi connectivity index (χ1) is 10.9. The van der Waals surface area contributed by atoms with Gasteiger partial charge in [0, 0.05) is 19.5 Å². The van der Waals surface area contributed by atoms with Crippen LogP contribution in [0.2, 0.25) is 0 Å². The molecule has 1 aromatic heterocycles. The Bertz CT molecular complexity index is 699. The predicted octanol–water partition coefficient (Wildman–Crippen LogP) is 2.43. The minimum Gasteiger partial charge on any atom is -0.378 e. The Morgan fingerprint density at radius 3 is 2.61 bits per heavy atom. The van der Waals surface area contributed by atoms with Gasteiger partial charge in [0.05, 0.1) is 24.6 Å². The second kappa shape index (κ2) is 6.16. The van der Waals surface area contributed by atoms with Gasteiger partial charge in [0.2, 0.25) is 5.91 Å². The lowest BCUT2D eigenvalue weighted by Crippen LogP contribution is -2.36. The zero-order valence-corrected chi connectivity index (χ0v) is 13.8. The summed E-state index contributed by atoms with van der Waals surface area (Å²) in [6, 6.07) is 3.81. The lowest BCUT2D eigenvalue weighted by atomic mass is 9.92. The Kier molecular flexibility index (Phi) is 4.21. The van der Waals surface area contributed by atoms with Crippen LogP contribution in [-0.4, -0.2) is 42.5 Å². The van der Waals surface area contributed by atoms with Gasteiger partial charge in [0.1, 0.15) is 0 Å². The van der Waals surface area contributed by atoms with E-state index in [0.717, 1.165) is 18.8 Å². The van der Waals surface area contributed by atoms with E-state index in [1.54, 1.807) is 0 Å². The maximum absolute atomic E-state index is 12.2. The van der Waals surface area contributed by atoms with Gasteiger partial charge >= 0.3 is 0 Å². The van der Waals surface area contributed by atoms with Crippen LogP contribution in [0.3, 0.4) is 0 Å². The van der Waals surface area contributed by atoms with Crippen LogP contribution in [0, 0.1) is 5.41 Å². The van der Waals surface area contributed by atoms with Crippen molar-refractivity contribution >= 4 is 28.3 Å². The summed E-state index contributed by atoms with van der Waals surface area (Å²) in [7, 11) is 0. The summed E-state index contributed by atoms with van der Waals surface area (Å²) in [5.41, 5.74) is 2.77. The first-order valence-electron chi connectivity index (χ1n) is 7.82. The van der Waals surface area contributed by atoms with Crippen LogP contribution in [-0.2, 0) is 9.53 Å². The van der Waals surface area contributed by atoms with Crippen molar-refractivity contribution in [3.05, 3.63) is 12.1 Å². The molecule has 1 aliphatic heterocycles. The zero-order valence-electron chi connectivity index (χ0n) is 13.8. The molecule has 1 N–H and O–H groups in total. The maximum atomic E-state index is 12.2. The third-order valence-electron chi connectivity index (χ3n) is 3.71. The van der Waals surface area contributed by atoms with E-state index in [-0.39, 0.29) is 11.3 Å². The molecule has 2 aromatic rings. The number of carbonyl (C=O) groups excluding carboxylic acids is 1. The number of aromatic nitrogens is 2. The minimum absolute atomic E-state index is 0.0408. The lowest BCUT2D eigenvalue weighted by molar-refractivity contribution is -0.117. The van der Waals surface area contributed by atoms with Crippen LogP contribution in [0.25, 0.3) is 11.0 Å². The summed E-state index contributed by atoms with van der Waals surface area (Å²) >= 11 is 0. The van der Waals surface area contributed by atoms with Crippen LogP contribution in [0.4, 0.5) is 11.4 Å². The van der Waals surface area contributed by atoms with E-state index in [1.165, 1.54) is 0 Å². The minimum atomic E-state index is -0.0704. The quantitative estimate of drug-likeness (QED) is 0.936. The van der Waals surface area contributed by atoms with E-state index in [0.29, 0.717) is 36.4 Å². The van der Waals surface area contributed by atoms with Gasteiger partial charge in [0.15, 0.2) is 11.0 Å². The second-order valence-corrected chi connectivity index (χ2v) is 6.98. The summed E-state index contributed by atoms with van der Waals surface area (Å²) in [4.78, 5) is 14.4. The first kappa shape index (κ1) is 15.7. The van der Waals surface area contributed by atoms with Crippen LogP contribution >= 0.6 is 0 Å². The molecule has 0 saturated carbocycles. The number of ether oxygens (including phenoxy) is 1. The van der Waals surface area contributed by atoms with Gasteiger partial charge in [-0.25, -0.2) is 4.63 Å². The fourth-order valence-electron chi connectivity index (χ4n) is 2.69. The van der Waals surface area contributed by atoms with Gasteiger partial charge in [0.25, 0.3) is 0 Å². The van der Waals surface area contributed by atoms with Gasteiger partial charge in [-0.1, -0.05) is 20.8 Å². The number of nitrogens with zero attached hydrogens (tertiary/aromatic N) is 3. The van der Waals surface area contributed by atoms with Crippen LogP contribution in [0.15, 0.2) is 16.8 Å². The largest absolute Gasteiger partial charge is 0.378 e. The number of nitrogens with one attached hydrogen (secondary N) is 1. The van der Waals surface area contributed by atoms with Crippen molar-refractivity contribution < 1.29 is 14.2 Å². The smallest absolute Gasteiger partial charge is 0.224 e. The van der Waals surface area contributed by atoms with Gasteiger partial charge in [-0.05, 0) is 27.9 Å². The van der Waals surface area contributed by atoms with Crippen LogP contribution in [0.1, 0.15) is 27.2 Å². The Hall–Kier alpha value is -2.15. The third-order valence-corrected chi connectivity index (χ3v) is 3.71. The van der Waals surface area contributed by atoms with E-state index < -0.39 is 0 Å². The van der Waals surface area contributed by atoms with E-state index in [9.17, 15) is 4.79 Å². The summed E-state index contributed by atoms with van der Waals surface area (Å²) in [5, 5.41) is 10.9. The van der Waals surface area contributed by atoms with Crippen molar-refractivity contribution in [2.45, 2.75) is 27.2 Å². The van der Waals surface area contributed by atoms with Crippen molar-refractivity contribution in [2.24, 2.45) is 5.41 Å². The topological polar surface area (TPSA) is 80.5 Å². The molecule has 0 aliphatic carbocycles. The van der Waals surface area contributed by atoms with Crippen molar-refractivity contribution in [3.8, 4) is 0 Å². The molecule has 23 heavy (non-hydrogen) atoms. The average Bonchev–Trinajstić information content (AvgIpc) is 2.96. The normalized spacial score (nSPS) is 15.9. The van der Waals surface area contributed by atoms with Gasteiger partial charge in [-0.15, -0.1) is 0 Å². The second-order valence-electron chi connectivity index (χ2n) is 6.98. The molecular weight excluding hydrogens is 296 g/mol. The number of carbonyl (C=O) groups is 1. The molecule has 2 heterocycles. The molecule has 7 nitrogen and oxygen atoms in total. The molecule has 0 radical (unpaired) electrons. The fourth-order valence-corrected chi connectivity index (χ4v) is 2.69. The number of amides is 1. The molecule has 1 amide bonds. The molecule has 0 atom stereocenters. The molecule has 0 bridgehead atoms. The number of hydrogen-bond donors (Lipinski definition) is 1. The van der Waals surface area contributed by atoms with E-state index in [4.69, 9.17) is 9.37 Å². The first-order valence-corrected chi connectivity index (χ1v) is 7.82. The Labute approximate surface area is 134 Å². The maximum Gasteiger partial charge on any atom is 0.224 e. The summed E-state index contributed by atoms with van der Waals surface area (Å²) in [6.45, 7) is 9.08. The summed E-state index contributed by atoms with van der Waals surface area (Å²) < 4.78 is 10.3. The summed E-state index contributed by atoms with van der Waals surface area (Å²) in [5.74, 6) is -0.0408. The molecule has 1 saturated heterocycles. The van der Waals surface area contributed by atoms with E-state index in [1.807, 2.05) is 32.9 Å². The molecule has 0 spiro atoms. The number of rotatable bonds is 3. The highest BCUT2D eigenvalue weighted by molar-refractivity contribution is 6.03. The number of hydrogen-bond acceptors (Lipinski definition) is 6.